The van der Waals surface area contributed by atoms with Crippen molar-refractivity contribution in [3.8, 4) is 11.8 Å². The summed E-state index contributed by atoms with van der Waals surface area (Å²) in [6.07, 6.45) is 2.99. The topological polar surface area (TPSA) is 91.4 Å². The number of nitrogens with one attached hydrogen (secondary N) is 1. The van der Waals surface area contributed by atoms with Crippen LogP contribution in [0.5, 0.6) is 5.75 Å². The SMILES string of the molecule is N#CCCN(CCOc1ccc(C(=O)NN)cc1)C1CC1. The fourth-order valence-corrected chi connectivity index (χ4v) is 2.18. The molecular formula is C15H20N4O2. The van der Waals surface area contributed by atoms with Crippen LogP contribution in [0.2, 0.25) is 0 Å². The Bertz CT molecular complexity index is 505. The normalized spacial score (nSPS) is 13.8. The molecule has 0 saturated heterocycles. The first-order valence-electron chi connectivity index (χ1n) is 7.09. The van der Waals surface area contributed by atoms with E-state index >= 15 is 0 Å². The van der Waals surface area contributed by atoms with Crippen LogP contribution in [-0.2, 0) is 0 Å². The van der Waals surface area contributed by atoms with Gasteiger partial charge >= 0.3 is 0 Å². The number of carbonyl (C=O) groups is 1. The number of hydrazine groups is 1. The van der Waals surface area contributed by atoms with Gasteiger partial charge < -0.3 is 4.74 Å². The molecule has 0 radical (unpaired) electrons. The summed E-state index contributed by atoms with van der Waals surface area (Å²) >= 11 is 0. The van der Waals surface area contributed by atoms with E-state index in [2.05, 4.69) is 16.4 Å². The highest BCUT2D eigenvalue weighted by atomic mass is 16.5. The molecule has 2 rings (SSSR count). The number of nitriles is 1. The quantitative estimate of drug-likeness (QED) is 0.424. The Balaban J connectivity index is 1.77. The molecule has 0 spiro atoms. The van der Waals surface area contributed by atoms with Gasteiger partial charge in [-0.15, -0.1) is 0 Å². The lowest BCUT2D eigenvalue weighted by Gasteiger charge is -2.20. The number of carbonyl (C=O) groups excluding carboxylic acids is 1. The molecule has 0 unspecified atom stereocenters. The predicted octanol–water partition coefficient (Wildman–Crippen LogP) is 1.05. The third-order valence-corrected chi connectivity index (χ3v) is 3.47. The molecule has 1 fully saturated rings. The highest BCUT2D eigenvalue weighted by molar-refractivity contribution is 5.93. The maximum absolute atomic E-state index is 11.3. The zero-order valence-electron chi connectivity index (χ0n) is 11.9. The zero-order valence-corrected chi connectivity index (χ0v) is 11.9. The number of rotatable bonds is 8. The first-order chi connectivity index (χ1) is 10.2. The van der Waals surface area contributed by atoms with Crippen molar-refractivity contribution in [1.29, 1.82) is 5.26 Å². The largest absolute Gasteiger partial charge is 0.492 e. The molecule has 1 aliphatic rings. The van der Waals surface area contributed by atoms with Crippen molar-refractivity contribution in [1.82, 2.24) is 10.3 Å². The summed E-state index contributed by atoms with van der Waals surface area (Å²) in [6.45, 7) is 2.20. The Morgan fingerprint density at radius 1 is 1.38 bits per heavy atom. The van der Waals surface area contributed by atoms with Crippen molar-refractivity contribution < 1.29 is 9.53 Å². The molecule has 1 aliphatic carbocycles. The predicted molar refractivity (Wildman–Crippen MR) is 78.4 cm³/mol. The third kappa shape index (κ3) is 4.74. The second-order valence-corrected chi connectivity index (χ2v) is 5.02. The Labute approximate surface area is 124 Å². The highest BCUT2D eigenvalue weighted by Crippen LogP contribution is 2.26. The minimum atomic E-state index is -0.321. The Morgan fingerprint density at radius 3 is 2.67 bits per heavy atom. The number of amides is 1. The van der Waals surface area contributed by atoms with Gasteiger partial charge in [-0.25, -0.2) is 5.84 Å². The molecule has 112 valence electrons. The summed E-state index contributed by atoms with van der Waals surface area (Å²) in [4.78, 5) is 13.6. The molecule has 0 aromatic heterocycles. The second-order valence-electron chi connectivity index (χ2n) is 5.02. The number of nitrogens with two attached hydrogens (primary N) is 1. The van der Waals surface area contributed by atoms with E-state index in [4.69, 9.17) is 15.8 Å². The molecule has 0 atom stereocenters. The lowest BCUT2D eigenvalue weighted by Crippen LogP contribution is -2.31. The van der Waals surface area contributed by atoms with Crippen LogP contribution in [0.25, 0.3) is 0 Å². The van der Waals surface area contributed by atoms with Crippen LogP contribution >= 0.6 is 0 Å². The molecular weight excluding hydrogens is 268 g/mol. The Kier molecular flexibility index (Phi) is 5.55. The van der Waals surface area contributed by atoms with Crippen molar-refractivity contribution in [2.45, 2.75) is 25.3 Å². The van der Waals surface area contributed by atoms with Gasteiger partial charge in [0, 0.05) is 31.1 Å². The van der Waals surface area contributed by atoms with Crippen molar-refractivity contribution in [3.63, 3.8) is 0 Å². The summed E-state index contributed by atoms with van der Waals surface area (Å²) in [5.41, 5.74) is 2.58. The van der Waals surface area contributed by atoms with Gasteiger partial charge in [0.2, 0.25) is 0 Å². The van der Waals surface area contributed by atoms with Crippen LogP contribution in [-0.4, -0.2) is 36.5 Å². The van der Waals surface area contributed by atoms with Crippen molar-refractivity contribution >= 4 is 5.91 Å². The second kappa shape index (κ2) is 7.62. The number of benzene rings is 1. The molecule has 1 aromatic carbocycles. The van der Waals surface area contributed by atoms with E-state index in [0.29, 0.717) is 24.6 Å². The van der Waals surface area contributed by atoms with E-state index in [-0.39, 0.29) is 5.91 Å². The van der Waals surface area contributed by atoms with Crippen molar-refractivity contribution in [3.05, 3.63) is 29.8 Å². The number of ether oxygens (including phenoxy) is 1. The number of nitrogen functional groups attached to an aromatic ring is 1. The fourth-order valence-electron chi connectivity index (χ4n) is 2.18. The Morgan fingerprint density at radius 2 is 2.10 bits per heavy atom. The Hall–Kier alpha value is -2.10. The van der Waals surface area contributed by atoms with E-state index in [1.165, 1.54) is 12.8 Å². The van der Waals surface area contributed by atoms with Crippen LogP contribution in [0.4, 0.5) is 0 Å². The monoisotopic (exact) mass is 288 g/mol. The van der Waals surface area contributed by atoms with Crippen molar-refractivity contribution in [2.75, 3.05) is 19.7 Å². The van der Waals surface area contributed by atoms with Crippen LogP contribution < -0.4 is 16.0 Å². The van der Waals surface area contributed by atoms with Gasteiger partial charge in [-0.3, -0.25) is 15.1 Å². The van der Waals surface area contributed by atoms with Crippen LogP contribution in [0, 0.1) is 11.3 Å². The first kappa shape index (κ1) is 15.3. The highest BCUT2D eigenvalue weighted by Gasteiger charge is 2.28. The average molecular weight is 288 g/mol. The van der Waals surface area contributed by atoms with E-state index in [0.717, 1.165) is 18.8 Å². The molecule has 0 bridgehead atoms. The number of nitrogens with zero attached hydrogens (tertiary/aromatic N) is 2. The van der Waals surface area contributed by atoms with Crippen LogP contribution in [0.15, 0.2) is 24.3 Å². The summed E-state index contributed by atoms with van der Waals surface area (Å²) < 4.78 is 5.68. The molecule has 6 heteroatoms. The smallest absolute Gasteiger partial charge is 0.265 e. The minimum Gasteiger partial charge on any atom is -0.492 e. The molecule has 0 heterocycles. The maximum Gasteiger partial charge on any atom is 0.265 e. The minimum absolute atomic E-state index is 0.321. The van der Waals surface area contributed by atoms with Gasteiger partial charge in [-0.1, -0.05) is 0 Å². The standard InChI is InChI=1S/C15H20N4O2/c16-8-1-9-19(13-4-5-13)10-11-21-14-6-2-12(3-7-14)15(20)18-17/h2-3,6-7,13H,1,4-5,9-11,17H2,(H,18,20). The van der Waals surface area contributed by atoms with E-state index in [1.807, 2.05) is 0 Å². The van der Waals surface area contributed by atoms with E-state index in [9.17, 15) is 4.79 Å². The summed E-state index contributed by atoms with van der Waals surface area (Å²) in [7, 11) is 0. The third-order valence-electron chi connectivity index (χ3n) is 3.47. The zero-order chi connectivity index (χ0) is 15.1. The summed E-state index contributed by atoms with van der Waals surface area (Å²) in [6, 6.07) is 9.65. The van der Waals surface area contributed by atoms with Gasteiger partial charge in [0.25, 0.3) is 5.91 Å². The average Bonchev–Trinajstić information content (AvgIpc) is 3.35. The van der Waals surface area contributed by atoms with Gasteiger partial charge in [-0.05, 0) is 37.1 Å². The lowest BCUT2D eigenvalue weighted by molar-refractivity contribution is 0.0953. The maximum atomic E-state index is 11.3. The lowest BCUT2D eigenvalue weighted by atomic mass is 10.2. The van der Waals surface area contributed by atoms with Crippen LogP contribution in [0.3, 0.4) is 0 Å². The van der Waals surface area contributed by atoms with Crippen LogP contribution in [0.1, 0.15) is 29.6 Å². The molecule has 21 heavy (non-hydrogen) atoms. The van der Waals surface area contributed by atoms with Gasteiger partial charge in [0.1, 0.15) is 12.4 Å². The molecule has 1 saturated carbocycles. The van der Waals surface area contributed by atoms with Gasteiger partial charge in [0.05, 0.1) is 6.07 Å². The van der Waals surface area contributed by atoms with E-state index < -0.39 is 0 Å². The number of hydrogen-bond acceptors (Lipinski definition) is 5. The molecule has 6 nitrogen and oxygen atoms in total. The fraction of sp³-hybridized carbons (Fsp3) is 0.467. The molecule has 0 aliphatic heterocycles. The summed E-state index contributed by atoms with van der Waals surface area (Å²) in [5, 5.41) is 8.66. The van der Waals surface area contributed by atoms with Crippen molar-refractivity contribution in [2.24, 2.45) is 5.84 Å². The van der Waals surface area contributed by atoms with Gasteiger partial charge in [0.15, 0.2) is 0 Å². The summed E-state index contributed by atoms with van der Waals surface area (Å²) in [5.74, 6) is 5.47. The molecule has 1 aromatic rings. The first-order valence-corrected chi connectivity index (χ1v) is 7.09. The molecule has 3 N–H and O–H groups in total. The number of hydrogen-bond donors (Lipinski definition) is 2. The molecule has 1 amide bonds. The van der Waals surface area contributed by atoms with Gasteiger partial charge in [-0.2, -0.15) is 5.26 Å². The van der Waals surface area contributed by atoms with E-state index in [1.54, 1.807) is 24.3 Å².